The molecule has 2 aromatic carbocycles. The fourth-order valence-electron chi connectivity index (χ4n) is 7.58. The number of benzene rings is 2. The second kappa shape index (κ2) is 12.3. The Hall–Kier alpha value is -3.55. The molecule has 1 aromatic heterocycles. The summed E-state index contributed by atoms with van der Waals surface area (Å²) in [7, 11) is 0. The highest BCUT2D eigenvalue weighted by Gasteiger charge is 2.53. The Bertz CT molecular complexity index is 1510. The molecule has 0 radical (unpaired) electrons. The number of carbonyl (C=O) groups excluding carboxylic acids is 2. The summed E-state index contributed by atoms with van der Waals surface area (Å²) in [6, 6.07) is 12.5. The number of ketones is 1. The summed E-state index contributed by atoms with van der Waals surface area (Å²) in [6.07, 6.45) is 8.77. The van der Waals surface area contributed by atoms with Gasteiger partial charge in [-0.05, 0) is 106 Å². The molecule has 4 fully saturated rings. The molecule has 1 heterocycles. The van der Waals surface area contributed by atoms with Gasteiger partial charge in [0.05, 0.1) is 6.61 Å². The lowest BCUT2D eigenvalue weighted by Gasteiger charge is -2.53. The second-order valence-electron chi connectivity index (χ2n) is 14.7. The number of carbonyl (C=O) groups is 2. The Labute approximate surface area is 265 Å². The molecule has 4 aliphatic carbocycles. The first-order valence-electron chi connectivity index (χ1n) is 16.7. The molecule has 7 rings (SSSR count). The van der Waals surface area contributed by atoms with Crippen LogP contribution in [-0.2, 0) is 20.4 Å². The molecule has 0 saturated heterocycles. The third-order valence-electron chi connectivity index (χ3n) is 10.6. The highest BCUT2D eigenvalue weighted by atomic mass is 19.1. The van der Waals surface area contributed by atoms with Gasteiger partial charge < -0.3 is 14.2 Å². The van der Waals surface area contributed by atoms with Gasteiger partial charge in [-0.3, -0.25) is 9.59 Å². The molecule has 8 heteroatoms. The lowest BCUT2D eigenvalue weighted by molar-refractivity contribution is -0.124. The molecule has 0 unspecified atom stereocenters. The Balaban J connectivity index is 1.26. The van der Waals surface area contributed by atoms with Crippen molar-refractivity contribution in [2.75, 3.05) is 18.1 Å². The van der Waals surface area contributed by atoms with Gasteiger partial charge in [0.15, 0.2) is 5.82 Å². The quantitative estimate of drug-likeness (QED) is 0.241. The minimum Gasteiger partial charge on any atom is -0.494 e. The Morgan fingerprint density at radius 1 is 1.02 bits per heavy atom. The van der Waals surface area contributed by atoms with Crippen molar-refractivity contribution in [3.8, 4) is 16.9 Å². The molecule has 0 atom stereocenters. The Kier molecular flexibility index (Phi) is 8.61. The number of rotatable bonds is 9. The van der Waals surface area contributed by atoms with E-state index in [0.717, 1.165) is 80.1 Å². The minimum atomic E-state index is -0.325. The third-order valence-corrected chi connectivity index (χ3v) is 10.6. The van der Waals surface area contributed by atoms with Crippen LogP contribution in [0.25, 0.3) is 11.1 Å². The van der Waals surface area contributed by atoms with E-state index in [4.69, 9.17) is 14.2 Å². The van der Waals surface area contributed by atoms with Crippen LogP contribution in [-0.4, -0.2) is 35.0 Å². The lowest BCUT2D eigenvalue weighted by atomic mass is 9.53. The molecular weight excluding hydrogens is 569 g/mol. The van der Waals surface area contributed by atoms with E-state index in [2.05, 4.69) is 25.9 Å². The number of anilines is 1. The van der Waals surface area contributed by atoms with Gasteiger partial charge in [0.25, 0.3) is 0 Å². The molecule has 4 saturated carbocycles. The standard InChI is InChI=1S/C37H46FN3O4/c1-5-44-29-13-8-26(9-14-29)30-23-27(10-15-31(30)38)41(32(43)22-25-6-11-28(42)12-7-25)24-36-16-19-37(20-17-36,21-18-36)34-39-33(40-45-34)35(2,3)4/h8-10,13-15,23,25H,5-7,11-12,16-22,24H2,1-4H3. The molecule has 1 amide bonds. The number of hydrogen-bond acceptors (Lipinski definition) is 6. The normalized spacial score (nSPS) is 23.7. The largest absolute Gasteiger partial charge is 0.494 e. The number of hydrogen-bond donors (Lipinski definition) is 0. The summed E-state index contributed by atoms with van der Waals surface area (Å²) in [4.78, 5) is 32.8. The summed E-state index contributed by atoms with van der Waals surface area (Å²) in [6.45, 7) is 9.38. The molecule has 240 valence electrons. The first-order valence-corrected chi connectivity index (χ1v) is 16.7. The maximum Gasteiger partial charge on any atom is 0.232 e. The van der Waals surface area contributed by atoms with Crippen LogP contribution in [0.5, 0.6) is 5.75 Å². The maximum absolute atomic E-state index is 15.3. The molecule has 3 aromatic rings. The molecule has 45 heavy (non-hydrogen) atoms. The van der Waals surface area contributed by atoms with Crippen LogP contribution in [0.4, 0.5) is 10.1 Å². The monoisotopic (exact) mass is 615 g/mol. The second-order valence-corrected chi connectivity index (χ2v) is 14.7. The van der Waals surface area contributed by atoms with Crippen LogP contribution in [0.15, 0.2) is 47.0 Å². The molecule has 0 N–H and O–H groups in total. The van der Waals surface area contributed by atoms with Crippen molar-refractivity contribution in [3.05, 3.63) is 60.0 Å². The van der Waals surface area contributed by atoms with E-state index in [-0.39, 0.29) is 39.7 Å². The average Bonchev–Trinajstić information content (AvgIpc) is 3.56. The Morgan fingerprint density at radius 3 is 2.29 bits per heavy atom. The van der Waals surface area contributed by atoms with Crippen LogP contribution in [0.2, 0.25) is 0 Å². The number of amides is 1. The number of ether oxygens (including phenoxy) is 1. The summed E-state index contributed by atoms with van der Waals surface area (Å²) >= 11 is 0. The first-order chi connectivity index (χ1) is 21.5. The lowest BCUT2D eigenvalue weighted by Crippen LogP contribution is -2.51. The fourth-order valence-corrected chi connectivity index (χ4v) is 7.58. The van der Waals surface area contributed by atoms with Gasteiger partial charge in [0, 0.05) is 47.9 Å². The van der Waals surface area contributed by atoms with E-state index in [0.29, 0.717) is 38.0 Å². The van der Waals surface area contributed by atoms with Crippen molar-refractivity contribution in [3.63, 3.8) is 0 Å². The van der Waals surface area contributed by atoms with Gasteiger partial charge in [-0.2, -0.15) is 4.98 Å². The van der Waals surface area contributed by atoms with E-state index >= 15 is 4.39 Å². The highest BCUT2D eigenvalue weighted by Crippen LogP contribution is 2.58. The SMILES string of the molecule is CCOc1ccc(-c2cc(N(CC34CCC(c5nc(C(C)(C)C)no5)(CC3)CC4)C(=O)CC3CCC(=O)CC3)ccc2F)cc1. The average molecular weight is 616 g/mol. The first kappa shape index (κ1) is 31.4. The number of halogens is 1. The third kappa shape index (κ3) is 6.56. The topological polar surface area (TPSA) is 85.5 Å². The molecule has 4 aliphatic rings. The van der Waals surface area contributed by atoms with Crippen LogP contribution < -0.4 is 9.64 Å². The van der Waals surface area contributed by atoms with Crippen LogP contribution >= 0.6 is 0 Å². The Morgan fingerprint density at radius 2 is 1.69 bits per heavy atom. The summed E-state index contributed by atoms with van der Waals surface area (Å²) in [5.41, 5.74) is 1.63. The maximum atomic E-state index is 15.3. The zero-order valence-corrected chi connectivity index (χ0v) is 27.2. The molecule has 0 spiro atoms. The van der Waals surface area contributed by atoms with Crippen LogP contribution in [0.3, 0.4) is 0 Å². The summed E-state index contributed by atoms with van der Waals surface area (Å²) < 4.78 is 26.7. The minimum absolute atomic E-state index is 0.0273. The van der Waals surface area contributed by atoms with Crippen molar-refractivity contribution in [1.82, 2.24) is 10.1 Å². The van der Waals surface area contributed by atoms with Crippen LogP contribution in [0, 0.1) is 17.2 Å². The zero-order valence-electron chi connectivity index (χ0n) is 27.2. The smallest absolute Gasteiger partial charge is 0.232 e. The molecule has 0 aliphatic heterocycles. The van der Waals surface area contributed by atoms with Gasteiger partial charge in [0.2, 0.25) is 11.8 Å². The van der Waals surface area contributed by atoms with Crippen LogP contribution in [0.1, 0.15) is 110 Å². The van der Waals surface area contributed by atoms with Crippen molar-refractivity contribution in [2.45, 2.75) is 109 Å². The summed E-state index contributed by atoms with van der Waals surface area (Å²) in [5, 5.41) is 4.32. The number of nitrogens with zero attached hydrogens (tertiary/aromatic N) is 3. The highest BCUT2D eigenvalue weighted by molar-refractivity contribution is 5.94. The zero-order chi connectivity index (χ0) is 31.8. The number of Topliss-reactive ketones (excluding diaryl/α,β-unsaturated/α-hetero) is 1. The van der Waals surface area contributed by atoms with Gasteiger partial charge in [0.1, 0.15) is 17.3 Å². The van der Waals surface area contributed by atoms with E-state index in [1.54, 1.807) is 6.07 Å². The molecule has 2 bridgehead atoms. The van der Waals surface area contributed by atoms with Crippen molar-refractivity contribution in [2.24, 2.45) is 11.3 Å². The van der Waals surface area contributed by atoms with Gasteiger partial charge >= 0.3 is 0 Å². The van der Waals surface area contributed by atoms with Gasteiger partial charge in [-0.25, -0.2) is 4.39 Å². The fraction of sp³-hybridized carbons (Fsp3) is 0.568. The van der Waals surface area contributed by atoms with Crippen molar-refractivity contribution in [1.29, 1.82) is 0 Å². The van der Waals surface area contributed by atoms with Gasteiger partial charge in [-0.15, -0.1) is 0 Å². The molecular formula is C37H46FN3O4. The van der Waals surface area contributed by atoms with Crippen molar-refractivity contribution < 1.29 is 23.2 Å². The number of fused-ring (bicyclic) bond motifs is 3. The summed E-state index contributed by atoms with van der Waals surface area (Å²) in [5.74, 6) is 2.46. The van der Waals surface area contributed by atoms with Gasteiger partial charge in [-0.1, -0.05) is 38.1 Å². The van der Waals surface area contributed by atoms with E-state index in [1.165, 1.54) is 6.07 Å². The van der Waals surface area contributed by atoms with E-state index < -0.39 is 0 Å². The predicted molar refractivity (Wildman–Crippen MR) is 172 cm³/mol. The predicted octanol–water partition coefficient (Wildman–Crippen LogP) is 8.35. The number of aromatic nitrogens is 2. The molecule has 7 nitrogen and oxygen atoms in total. The van der Waals surface area contributed by atoms with Crippen molar-refractivity contribution >= 4 is 17.4 Å². The van der Waals surface area contributed by atoms with E-state index in [1.807, 2.05) is 42.2 Å². The van der Waals surface area contributed by atoms with E-state index in [9.17, 15) is 9.59 Å².